The molecule has 0 fully saturated rings. The first-order valence-corrected chi connectivity index (χ1v) is 10.1. The van der Waals surface area contributed by atoms with E-state index in [0.29, 0.717) is 0 Å². The first kappa shape index (κ1) is 17.9. The summed E-state index contributed by atoms with van der Waals surface area (Å²) < 4.78 is 2.18. The molecule has 0 aliphatic rings. The van der Waals surface area contributed by atoms with Gasteiger partial charge in [-0.3, -0.25) is 4.57 Å². The monoisotopic (exact) mass is 390 g/mol. The second kappa shape index (κ2) is 8.03. The predicted molar refractivity (Wildman–Crippen MR) is 115 cm³/mol. The van der Waals surface area contributed by atoms with Crippen molar-refractivity contribution in [2.24, 2.45) is 0 Å². The minimum Gasteiger partial charge on any atom is -0.287 e. The number of aryl methyl sites for hydroxylation is 1. The van der Waals surface area contributed by atoms with E-state index in [-0.39, 0.29) is 0 Å². The van der Waals surface area contributed by atoms with Crippen LogP contribution in [0.1, 0.15) is 11.1 Å². The molecule has 0 amide bonds. The fraction of sp³-hybridized carbons (Fsp3) is 0.0870. The maximum Gasteiger partial charge on any atom is 0.173 e. The number of halogens is 1. The lowest BCUT2D eigenvalue weighted by atomic mass is 10.1. The van der Waals surface area contributed by atoms with Crippen LogP contribution in [0, 0.1) is 6.92 Å². The maximum atomic E-state index is 6.27. The number of rotatable bonds is 5. The second-order valence-corrected chi connectivity index (χ2v) is 7.76. The molecule has 0 aliphatic carbocycles. The van der Waals surface area contributed by atoms with Gasteiger partial charge in [-0.15, -0.1) is 0 Å². The van der Waals surface area contributed by atoms with Crippen molar-refractivity contribution in [1.29, 1.82) is 0 Å². The van der Waals surface area contributed by atoms with Crippen molar-refractivity contribution in [1.82, 2.24) is 9.55 Å². The zero-order valence-electron chi connectivity index (χ0n) is 15.0. The Morgan fingerprint density at radius 2 is 1.70 bits per heavy atom. The molecule has 0 saturated heterocycles. The standard InChI is InChI=1S/C23H19ClN2S/c1-17-10-12-19(13-11-17)22-15-25-23(27-16-18-6-3-2-4-7-18)26(22)21-9-5-8-20(24)14-21/h2-15H,16H2,1H3. The average molecular weight is 391 g/mol. The molecule has 0 atom stereocenters. The SMILES string of the molecule is Cc1ccc(-c2cnc(SCc3ccccc3)n2-c2cccc(Cl)c2)cc1. The minimum absolute atomic E-state index is 0.718. The summed E-state index contributed by atoms with van der Waals surface area (Å²) in [5, 5.41) is 1.67. The topological polar surface area (TPSA) is 17.8 Å². The van der Waals surface area contributed by atoms with Crippen LogP contribution in [0.25, 0.3) is 16.9 Å². The predicted octanol–water partition coefficient (Wildman–Crippen LogP) is 6.79. The lowest BCUT2D eigenvalue weighted by Gasteiger charge is -2.13. The molecule has 1 heterocycles. The van der Waals surface area contributed by atoms with Gasteiger partial charge in [-0.25, -0.2) is 4.98 Å². The van der Waals surface area contributed by atoms with Gasteiger partial charge in [0.15, 0.2) is 5.16 Å². The van der Waals surface area contributed by atoms with Crippen LogP contribution in [0.2, 0.25) is 5.02 Å². The summed E-state index contributed by atoms with van der Waals surface area (Å²) in [7, 11) is 0. The van der Waals surface area contributed by atoms with Crippen LogP contribution in [-0.4, -0.2) is 9.55 Å². The summed E-state index contributed by atoms with van der Waals surface area (Å²) in [5.41, 5.74) is 5.74. The summed E-state index contributed by atoms with van der Waals surface area (Å²) in [4.78, 5) is 4.72. The zero-order valence-corrected chi connectivity index (χ0v) is 16.5. The van der Waals surface area contributed by atoms with Crippen LogP contribution in [0.5, 0.6) is 0 Å². The largest absolute Gasteiger partial charge is 0.287 e. The summed E-state index contributed by atoms with van der Waals surface area (Å²) in [6.45, 7) is 2.10. The number of hydrogen-bond acceptors (Lipinski definition) is 2. The van der Waals surface area contributed by atoms with Gasteiger partial charge >= 0.3 is 0 Å². The van der Waals surface area contributed by atoms with Gasteiger partial charge in [0.05, 0.1) is 11.9 Å². The Morgan fingerprint density at radius 1 is 0.926 bits per heavy atom. The highest BCUT2D eigenvalue weighted by atomic mass is 35.5. The van der Waals surface area contributed by atoms with E-state index in [0.717, 1.165) is 32.9 Å². The molecule has 4 aromatic rings. The summed E-state index contributed by atoms with van der Waals surface area (Å²) in [6, 6.07) is 26.9. The Kier molecular flexibility index (Phi) is 5.33. The Bertz CT molecular complexity index is 1040. The van der Waals surface area contributed by atoms with Crippen LogP contribution in [0.4, 0.5) is 0 Å². The number of thioether (sulfide) groups is 1. The normalized spacial score (nSPS) is 10.9. The highest BCUT2D eigenvalue weighted by Gasteiger charge is 2.14. The highest BCUT2D eigenvalue weighted by Crippen LogP contribution is 2.32. The molecule has 0 spiro atoms. The van der Waals surface area contributed by atoms with E-state index in [9.17, 15) is 0 Å². The Balaban J connectivity index is 1.76. The van der Waals surface area contributed by atoms with E-state index >= 15 is 0 Å². The van der Waals surface area contributed by atoms with Gasteiger partial charge < -0.3 is 0 Å². The van der Waals surface area contributed by atoms with Gasteiger partial charge in [0.2, 0.25) is 0 Å². The molecule has 4 heteroatoms. The molecular formula is C23H19ClN2S. The average Bonchev–Trinajstić information content (AvgIpc) is 3.12. The van der Waals surface area contributed by atoms with E-state index in [4.69, 9.17) is 16.6 Å². The molecule has 0 saturated carbocycles. The molecule has 0 radical (unpaired) electrons. The Morgan fingerprint density at radius 3 is 2.44 bits per heavy atom. The third-order valence-electron chi connectivity index (χ3n) is 4.35. The molecule has 134 valence electrons. The number of nitrogens with zero attached hydrogens (tertiary/aromatic N) is 2. The lowest BCUT2D eigenvalue weighted by Crippen LogP contribution is -1.99. The number of aromatic nitrogens is 2. The first-order valence-electron chi connectivity index (χ1n) is 8.78. The molecule has 2 nitrogen and oxygen atoms in total. The van der Waals surface area contributed by atoms with Crippen molar-refractivity contribution in [2.45, 2.75) is 17.8 Å². The summed E-state index contributed by atoms with van der Waals surface area (Å²) >= 11 is 7.99. The molecule has 3 aromatic carbocycles. The molecule has 27 heavy (non-hydrogen) atoms. The Labute approximate surface area is 168 Å². The quantitative estimate of drug-likeness (QED) is 0.349. The molecule has 4 rings (SSSR count). The van der Waals surface area contributed by atoms with Crippen molar-refractivity contribution in [2.75, 3.05) is 0 Å². The van der Waals surface area contributed by atoms with Crippen LogP contribution < -0.4 is 0 Å². The maximum absolute atomic E-state index is 6.27. The van der Waals surface area contributed by atoms with Gasteiger partial charge in [0, 0.05) is 22.0 Å². The van der Waals surface area contributed by atoms with Crippen molar-refractivity contribution in [3.8, 4) is 16.9 Å². The van der Waals surface area contributed by atoms with E-state index in [1.54, 1.807) is 11.8 Å². The number of imidazole rings is 1. The summed E-state index contributed by atoms with van der Waals surface area (Å²) in [6.07, 6.45) is 1.94. The molecule has 0 bridgehead atoms. The molecular weight excluding hydrogens is 372 g/mol. The van der Waals surface area contributed by atoms with Gasteiger partial charge in [0.1, 0.15) is 0 Å². The zero-order chi connectivity index (χ0) is 18.6. The van der Waals surface area contributed by atoms with Crippen molar-refractivity contribution in [3.63, 3.8) is 0 Å². The molecule has 0 unspecified atom stereocenters. The van der Waals surface area contributed by atoms with E-state index < -0.39 is 0 Å². The molecule has 0 aliphatic heterocycles. The van der Waals surface area contributed by atoms with Gasteiger partial charge in [-0.1, -0.05) is 89.6 Å². The van der Waals surface area contributed by atoms with Crippen LogP contribution >= 0.6 is 23.4 Å². The van der Waals surface area contributed by atoms with Crippen LogP contribution in [0.3, 0.4) is 0 Å². The number of hydrogen-bond donors (Lipinski definition) is 0. The van der Waals surface area contributed by atoms with Gasteiger partial charge in [-0.2, -0.15) is 0 Å². The van der Waals surface area contributed by atoms with Crippen molar-refractivity contribution in [3.05, 3.63) is 101 Å². The van der Waals surface area contributed by atoms with E-state index in [1.165, 1.54) is 11.1 Å². The first-order chi connectivity index (χ1) is 13.2. The fourth-order valence-electron chi connectivity index (χ4n) is 2.95. The minimum atomic E-state index is 0.718. The van der Waals surface area contributed by atoms with Gasteiger partial charge in [-0.05, 0) is 30.7 Å². The fourth-order valence-corrected chi connectivity index (χ4v) is 4.08. The van der Waals surface area contributed by atoms with E-state index in [2.05, 4.69) is 66.1 Å². The van der Waals surface area contributed by atoms with Crippen molar-refractivity contribution < 1.29 is 0 Å². The number of benzene rings is 3. The lowest BCUT2D eigenvalue weighted by molar-refractivity contribution is 0.900. The van der Waals surface area contributed by atoms with Crippen LogP contribution in [-0.2, 0) is 5.75 Å². The van der Waals surface area contributed by atoms with Crippen molar-refractivity contribution >= 4 is 23.4 Å². The molecule has 1 aromatic heterocycles. The smallest absolute Gasteiger partial charge is 0.173 e. The van der Waals surface area contributed by atoms with Gasteiger partial charge in [0.25, 0.3) is 0 Å². The van der Waals surface area contributed by atoms with Crippen LogP contribution in [0.15, 0.2) is 90.2 Å². The summed E-state index contributed by atoms with van der Waals surface area (Å²) in [5.74, 6) is 0.867. The third kappa shape index (κ3) is 4.10. The Hall–Kier alpha value is -2.49. The third-order valence-corrected chi connectivity index (χ3v) is 5.61. The highest BCUT2D eigenvalue weighted by molar-refractivity contribution is 7.98. The molecule has 0 N–H and O–H groups in total. The van der Waals surface area contributed by atoms with E-state index in [1.807, 2.05) is 30.5 Å². The second-order valence-electron chi connectivity index (χ2n) is 6.38.